The molecule has 0 unspecified atom stereocenters. The summed E-state index contributed by atoms with van der Waals surface area (Å²) in [4.78, 5) is 14.4. The standard InChI is InChI=1S/C15H19NO2.ClH/c17-15(18-11-12-5-2-1-3-6-12)13-9-14-7-4-8-16(14)10-13;/h1-3,5-6,13-14H,4,7-11H2;1H/t13-,14-;/m0./s1. The molecule has 2 saturated heterocycles. The molecule has 19 heavy (non-hydrogen) atoms. The molecule has 0 spiro atoms. The summed E-state index contributed by atoms with van der Waals surface area (Å²) in [7, 11) is 0. The minimum atomic E-state index is -0.0201. The Hall–Kier alpha value is -1.06. The second-order valence-corrected chi connectivity index (χ2v) is 5.32. The summed E-state index contributed by atoms with van der Waals surface area (Å²) in [5.74, 6) is 0.0762. The van der Waals surface area contributed by atoms with E-state index in [1.807, 2.05) is 30.3 Å². The number of carbonyl (C=O) groups excluding carboxylic acids is 1. The molecule has 2 atom stereocenters. The van der Waals surface area contributed by atoms with E-state index in [4.69, 9.17) is 4.74 Å². The summed E-state index contributed by atoms with van der Waals surface area (Å²) in [5, 5.41) is 0. The molecule has 2 aliphatic heterocycles. The lowest BCUT2D eigenvalue weighted by Crippen LogP contribution is -2.24. The van der Waals surface area contributed by atoms with Crippen LogP contribution in [0.5, 0.6) is 0 Å². The van der Waals surface area contributed by atoms with Crippen LogP contribution in [0.3, 0.4) is 0 Å². The van der Waals surface area contributed by atoms with E-state index < -0.39 is 0 Å². The van der Waals surface area contributed by atoms with Gasteiger partial charge in [0.05, 0.1) is 5.92 Å². The van der Waals surface area contributed by atoms with Gasteiger partial charge in [-0.2, -0.15) is 0 Å². The van der Waals surface area contributed by atoms with Crippen LogP contribution in [0, 0.1) is 5.92 Å². The number of carbonyl (C=O) groups is 1. The molecule has 0 bridgehead atoms. The average molecular weight is 282 g/mol. The van der Waals surface area contributed by atoms with E-state index in [2.05, 4.69) is 4.90 Å². The Kier molecular flexibility index (Phi) is 4.83. The normalized spacial score (nSPS) is 25.7. The summed E-state index contributed by atoms with van der Waals surface area (Å²) in [6.07, 6.45) is 3.53. The van der Waals surface area contributed by atoms with Gasteiger partial charge in [0, 0.05) is 12.6 Å². The van der Waals surface area contributed by atoms with E-state index in [9.17, 15) is 4.79 Å². The highest BCUT2D eigenvalue weighted by molar-refractivity contribution is 5.85. The largest absolute Gasteiger partial charge is 0.461 e. The lowest BCUT2D eigenvalue weighted by molar-refractivity contribution is -0.149. The molecule has 0 saturated carbocycles. The first-order chi connectivity index (χ1) is 8.83. The van der Waals surface area contributed by atoms with E-state index in [1.165, 1.54) is 12.8 Å². The van der Waals surface area contributed by atoms with Crippen molar-refractivity contribution < 1.29 is 9.53 Å². The van der Waals surface area contributed by atoms with Crippen LogP contribution in [-0.2, 0) is 16.1 Å². The molecule has 4 heteroatoms. The maximum atomic E-state index is 12.0. The lowest BCUT2D eigenvalue weighted by atomic mass is 10.0. The fourth-order valence-electron chi connectivity index (χ4n) is 3.11. The third-order valence-corrected chi connectivity index (χ3v) is 4.07. The van der Waals surface area contributed by atoms with Crippen molar-refractivity contribution in [3.05, 3.63) is 35.9 Å². The van der Waals surface area contributed by atoms with Crippen molar-refractivity contribution in [3.8, 4) is 0 Å². The Morgan fingerprint density at radius 1 is 1.32 bits per heavy atom. The predicted molar refractivity (Wildman–Crippen MR) is 76.2 cm³/mol. The molecule has 0 amide bonds. The van der Waals surface area contributed by atoms with Crippen molar-refractivity contribution in [1.29, 1.82) is 0 Å². The van der Waals surface area contributed by atoms with Crippen LogP contribution in [-0.4, -0.2) is 30.0 Å². The van der Waals surface area contributed by atoms with Crippen molar-refractivity contribution in [1.82, 2.24) is 4.90 Å². The number of rotatable bonds is 3. The molecule has 0 N–H and O–H groups in total. The molecule has 104 valence electrons. The fraction of sp³-hybridized carbons (Fsp3) is 0.533. The Balaban J connectivity index is 0.00000133. The van der Waals surface area contributed by atoms with E-state index in [0.717, 1.165) is 25.1 Å². The van der Waals surface area contributed by atoms with Gasteiger partial charge in [0.15, 0.2) is 0 Å². The smallest absolute Gasteiger partial charge is 0.310 e. The van der Waals surface area contributed by atoms with Crippen molar-refractivity contribution >= 4 is 18.4 Å². The number of hydrogen-bond donors (Lipinski definition) is 0. The summed E-state index contributed by atoms with van der Waals surface area (Å²) in [6.45, 7) is 2.46. The van der Waals surface area contributed by atoms with Crippen LogP contribution in [0.15, 0.2) is 30.3 Å². The van der Waals surface area contributed by atoms with E-state index in [1.54, 1.807) is 0 Å². The van der Waals surface area contributed by atoms with Crippen LogP contribution < -0.4 is 0 Å². The van der Waals surface area contributed by atoms with Crippen molar-refractivity contribution in [2.24, 2.45) is 5.92 Å². The molecule has 3 rings (SSSR count). The number of hydrogen-bond acceptors (Lipinski definition) is 3. The molecule has 1 aromatic carbocycles. The van der Waals surface area contributed by atoms with Crippen LogP contribution in [0.4, 0.5) is 0 Å². The van der Waals surface area contributed by atoms with Gasteiger partial charge in [0.1, 0.15) is 6.61 Å². The van der Waals surface area contributed by atoms with Crippen molar-refractivity contribution in [3.63, 3.8) is 0 Å². The van der Waals surface area contributed by atoms with Gasteiger partial charge < -0.3 is 4.74 Å². The molecule has 2 heterocycles. The number of nitrogens with zero attached hydrogens (tertiary/aromatic N) is 1. The molecule has 3 nitrogen and oxygen atoms in total. The van der Waals surface area contributed by atoms with Gasteiger partial charge in [0.2, 0.25) is 0 Å². The van der Waals surface area contributed by atoms with Gasteiger partial charge in [-0.3, -0.25) is 9.69 Å². The molecule has 2 fully saturated rings. The second kappa shape index (κ2) is 6.40. The molecule has 0 aliphatic carbocycles. The van der Waals surface area contributed by atoms with Gasteiger partial charge in [-0.1, -0.05) is 30.3 Å². The van der Waals surface area contributed by atoms with Crippen LogP contribution in [0.25, 0.3) is 0 Å². The van der Waals surface area contributed by atoms with Gasteiger partial charge >= 0.3 is 5.97 Å². The molecule has 2 aliphatic rings. The summed E-state index contributed by atoms with van der Waals surface area (Å²) < 4.78 is 5.41. The Labute approximate surface area is 120 Å². The highest BCUT2D eigenvalue weighted by Gasteiger charge is 2.39. The van der Waals surface area contributed by atoms with Gasteiger partial charge in [-0.15, -0.1) is 12.4 Å². The minimum Gasteiger partial charge on any atom is -0.461 e. The third kappa shape index (κ3) is 3.28. The second-order valence-electron chi connectivity index (χ2n) is 5.32. The third-order valence-electron chi connectivity index (χ3n) is 4.07. The van der Waals surface area contributed by atoms with Gasteiger partial charge in [0.25, 0.3) is 0 Å². The molecular weight excluding hydrogens is 262 g/mol. The van der Waals surface area contributed by atoms with Gasteiger partial charge in [-0.05, 0) is 31.4 Å². The van der Waals surface area contributed by atoms with Crippen LogP contribution in [0.2, 0.25) is 0 Å². The zero-order valence-corrected chi connectivity index (χ0v) is 11.8. The average Bonchev–Trinajstić information content (AvgIpc) is 2.98. The van der Waals surface area contributed by atoms with Crippen LogP contribution >= 0.6 is 12.4 Å². The maximum Gasteiger partial charge on any atom is 0.310 e. The molecule has 0 aromatic heterocycles. The van der Waals surface area contributed by atoms with E-state index in [-0.39, 0.29) is 24.3 Å². The number of halogens is 1. The predicted octanol–water partition coefficient (Wildman–Crippen LogP) is 2.64. The Morgan fingerprint density at radius 3 is 2.84 bits per heavy atom. The SMILES string of the molecule is Cl.O=C(OCc1ccccc1)[C@H]1C[C@@H]2CCCN2C1. The Bertz CT molecular complexity index is 411. The number of esters is 1. The van der Waals surface area contributed by atoms with Crippen molar-refractivity contribution in [2.45, 2.75) is 31.9 Å². The maximum absolute atomic E-state index is 12.0. The van der Waals surface area contributed by atoms with E-state index in [0.29, 0.717) is 12.6 Å². The lowest BCUT2D eigenvalue weighted by Gasteiger charge is -2.13. The highest BCUT2D eigenvalue weighted by atomic mass is 35.5. The summed E-state index contributed by atoms with van der Waals surface area (Å²) in [6, 6.07) is 10.5. The van der Waals surface area contributed by atoms with E-state index >= 15 is 0 Å². The topological polar surface area (TPSA) is 29.5 Å². The van der Waals surface area contributed by atoms with Gasteiger partial charge in [-0.25, -0.2) is 0 Å². The molecule has 0 radical (unpaired) electrons. The fourth-order valence-corrected chi connectivity index (χ4v) is 3.11. The molecule has 1 aromatic rings. The minimum absolute atomic E-state index is 0. The Morgan fingerprint density at radius 2 is 2.11 bits per heavy atom. The zero-order chi connectivity index (χ0) is 12.4. The quantitative estimate of drug-likeness (QED) is 0.798. The van der Waals surface area contributed by atoms with Crippen molar-refractivity contribution in [2.75, 3.05) is 13.1 Å². The summed E-state index contributed by atoms with van der Waals surface area (Å²) in [5.41, 5.74) is 1.06. The first-order valence-corrected chi connectivity index (χ1v) is 6.77. The monoisotopic (exact) mass is 281 g/mol. The first kappa shape index (κ1) is 14.4. The summed E-state index contributed by atoms with van der Waals surface area (Å²) >= 11 is 0. The molecular formula is C15H20ClNO2. The zero-order valence-electron chi connectivity index (χ0n) is 11.0. The highest BCUT2D eigenvalue weighted by Crippen LogP contribution is 2.31. The number of ether oxygens (including phenoxy) is 1. The number of benzene rings is 1. The van der Waals surface area contributed by atoms with Crippen LogP contribution in [0.1, 0.15) is 24.8 Å². The first-order valence-electron chi connectivity index (χ1n) is 6.77. The number of fused-ring (bicyclic) bond motifs is 1.